The van der Waals surface area contributed by atoms with Crippen molar-refractivity contribution >= 4 is 40.9 Å². The van der Waals surface area contributed by atoms with Crippen LogP contribution in [0.15, 0.2) is 33.7 Å². The molecule has 0 amide bonds. The average molecular weight is 417 g/mol. The Morgan fingerprint density at radius 3 is 2.73 bits per heavy atom. The molecule has 2 aromatic rings. The first-order valence-corrected chi connectivity index (χ1v) is 7.25. The van der Waals surface area contributed by atoms with E-state index in [0.29, 0.717) is 13.2 Å². The molecule has 0 aliphatic carbocycles. The third kappa shape index (κ3) is 4.88. The summed E-state index contributed by atoms with van der Waals surface area (Å²) in [6.45, 7) is 6.79. The van der Waals surface area contributed by atoms with Gasteiger partial charge >= 0.3 is 0 Å². The summed E-state index contributed by atoms with van der Waals surface area (Å²) in [5.74, 6) is 1.68. The van der Waals surface area contributed by atoms with Crippen molar-refractivity contribution in [1.82, 2.24) is 10.6 Å². The molecule has 1 heterocycles. The second-order valence-corrected chi connectivity index (χ2v) is 4.70. The molecule has 0 fully saturated rings. The van der Waals surface area contributed by atoms with E-state index in [1.165, 1.54) is 5.56 Å². The molecule has 5 nitrogen and oxygen atoms in total. The van der Waals surface area contributed by atoms with Gasteiger partial charge in [0.15, 0.2) is 5.96 Å². The minimum atomic E-state index is 0. The maximum absolute atomic E-state index is 5.87. The van der Waals surface area contributed by atoms with Gasteiger partial charge in [-0.1, -0.05) is 18.2 Å². The van der Waals surface area contributed by atoms with Crippen LogP contribution in [0.3, 0.4) is 0 Å². The lowest BCUT2D eigenvalue weighted by molar-refractivity contribution is 0.152. The van der Waals surface area contributed by atoms with Crippen LogP contribution in [0.1, 0.15) is 18.2 Å². The van der Waals surface area contributed by atoms with E-state index in [1.807, 2.05) is 25.1 Å². The number of furan rings is 1. The number of guanidine groups is 1. The fourth-order valence-electron chi connectivity index (χ4n) is 2.16. The Kier molecular flexibility index (Phi) is 8.26. The van der Waals surface area contributed by atoms with Crippen molar-refractivity contribution in [3.05, 3.63) is 35.6 Å². The molecular formula is C16H24IN3O2. The highest BCUT2D eigenvalue weighted by Gasteiger charge is 2.09. The lowest BCUT2D eigenvalue weighted by atomic mass is 10.1. The van der Waals surface area contributed by atoms with Crippen LogP contribution in [0.25, 0.3) is 11.0 Å². The zero-order chi connectivity index (χ0) is 15.1. The molecule has 0 radical (unpaired) electrons. The number of halogens is 1. The topological polar surface area (TPSA) is 58.8 Å². The Bertz CT molecular complexity index is 610. The number of ether oxygens (including phenoxy) is 1. The van der Waals surface area contributed by atoms with Gasteiger partial charge in [0.2, 0.25) is 0 Å². The molecule has 1 aromatic carbocycles. The molecule has 0 unspecified atom stereocenters. The summed E-state index contributed by atoms with van der Waals surface area (Å²) in [5, 5.41) is 7.61. The lowest BCUT2D eigenvalue weighted by Gasteiger charge is -2.11. The van der Waals surface area contributed by atoms with Crippen LogP contribution in [0.2, 0.25) is 0 Å². The molecule has 122 valence electrons. The van der Waals surface area contributed by atoms with Gasteiger partial charge in [0.05, 0.1) is 13.2 Å². The number of hydrogen-bond acceptors (Lipinski definition) is 3. The Hall–Kier alpha value is -1.28. The van der Waals surface area contributed by atoms with E-state index >= 15 is 0 Å². The van der Waals surface area contributed by atoms with Gasteiger partial charge in [-0.3, -0.25) is 4.99 Å². The molecule has 0 aliphatic heterocycles. The number of aliphatic imine (C=N–C) groups is 1. The summed E-state index contributed by atoms with van der Waals surface area (Å²) >= 11 is 0. The predicted octanol–water partition coefficient (Wildman–Crippen LogP) is 3.06. The van der Waals surface area contributed by atoms with Crippen LogP contribution in [0.4, 0.5) is 0 Å². The smallest absolute Gasteiger partial charge is 0.191 e. The Morgan fingerprint density at radius 2 is 2.05 bits per heavy atom. The normalized spacial score (nSPS) is 11.3. The van der Waals surface area contributed by atoms with Gasteiger partial charge in [-0.25, -0.2) is 0 Å². The number of nitrogens with one attached hydrogen (secondary N) is 2. The fourth-order valence-corrected chi connectivity index (χ4v) is 2.16. The molecular weight excluding hydrogens is 393 g/mol. The molecule has 2 N–H and O–H groups in total. The van der Waals surface area contributed by atoms with Gasteiger partial charge in [0.25, 0.3) is 0 Å². The van der Waals surface area contributed by atoms with Crippen molar-refractivity contribution < 1.29 is 9.15 Å². The fraction of sp³-hybridized carbons (Fsp3) is 0.438. The van der Waals surface area contributed by atoms with Crippen molar-refractivity contribution in [2.24, 2.45) is 4.99 Å². The molecule has 6 heteroatoms. The van der Waals surface area contributed by atoms with Gasteiger partial charge < -0.3 is 19.8 Å². The van der Waals surface area contributed by atoms with Gasteiger partial charge in [-0.05, 0) is 19.9 Å². The monoisotopic (exact) mass is 417 g/mol. The maximum Gasteiger partial charge on any atom is 0.191 e. The largest absolute Gasteiger partial charge is 0.459 e. The summed E-state index contributed by atoms with van der Waals surface area (Å²) in [5.41, 5.74) is 2.09. The number of para-hydroxylation sites is 1. The first kappa shape index (κ1) is 18.8. The summed E-state index contributed by atoms with van der Waals surface area (Å²) in [7, 11) is 1.75. The quantitative estimate of drug-likeness (QED) is 0.328. The van der Waals surface area contributed by atoms with Gasteiger partial charge in [0.1, 0.15) is 11.3 Å². The van der Waals surface area contributed by atoms with Crippen LogP contribution in [0.5, 0.6) is 0 Å². The minimum Gasteiger partial charge on any atom is -0.459 e. The first-order chi connectivity index (χ1) is 10.3. The number of nitrogens with zero attached hydrogens (tertiary/aromatic N) is 1. The zero-order valence-electron chi connectivity index (χ0n) is 13.3. The molecule has 0 saturated carbocycles. The predicted molar refractivity (Wildman–Crippen MR) is 101 cm³/mol. The third-order valence-corrected chi connectivity index (χ3v) is 3.33. The second-order valence-electron chi connectivity index (χ2n) is 4.70. The van der Waals surface area contributed by atoms with Gasteiger partial charge in [-0.15, -0.1) is 24.0 Å². The highest BCUT2D eigenvalue weighted by Crippen LogP contribution is 2.24. The molecule has 22 heavy (non-hydrogen) atoms. The number of hydrogen-bond donors (Lipinski definition) is 2. The molecule has 1 aromatic heterocycles. The van der Waals surface area contributed by atoms with E-state index in [0.717, 1.165) is 35.8 Å². The molecule has 0 bridgehead atoms. The lowest BCUT2D eigenvalue weighted by Crippen LogP contribution is -2.38. The van der Waals surface area contributed by atoms with Crippen molar-refractivity contribution in [1.29, 1.82) is 0 Å². The number of benzene rings is 1. The zero-order valence-corrected chi connectivity index (χ0v) is 15.6. The summed E-state index contributed by atoms with van der Waals surface area (Å²) in [6, 6.07) is 8.07. The van der Waals surface area contributed by atoms with Gasteiger partial charge in [-0.2, -0.15) is 0 Å². The van der Waals surface area contributed by atoms with Crippen LogP contribution in [0, 0.1) is 6.92 Å². The minimum absolute atomic E-state index is 0. The highest BCUT2D eigenvalue weighted by molar-refractivity contribution is 14.0. The van der Waals surface area contributed by atoms with E-state index in [2.05, 4.69) is 28.6 Å². The summed E-state index contributed by atoms with van der Waals surface area (Å²) in [6.07, 6.45) is 0. The van der Waals surface area contributed by atoms with E-state index in [1.54, 1.807) is 7.05 Å². The first-order valence-electron chi connectivity index (χ1n) is 7.25. The van der Waals surface area contributed by atoms with Crippen molar-refractivity contribution in [2.75, 3.05) is 26.8 Å². The van der Waals surface area contributed by atoms with Crippen molar-refractivity contribution in [2.45, 2.75) is 20.4 Å². The van der Waals surface area contributed by atoms with Crippen LogP contribution in [-0.4, -0.2) is 32.8 Å². The number of rotatable bonds is 6. The molecule has 2 rings (SSSR count). The SMILES string of the molecule is CCOCCNC(=NC)NCc1oc2ccccc2c1C.I. The highest BCUT2D eigenvalue weighted by atomic mass is 127. The van der Waals surface area contributed by atoms with E-state index < -0.39 is 0 Å². The van der Waals surface area contributed by atoms with Gasteiger partial charge in [0, 0.05) is 31.1 Å². The molecule has 0 atom stereocenters. The second kappa shape index (κ2) is 9.68. The number of fused-ring (bicyclic) bond motifs is 1. The average Bonchev–Trinajstić information content (AvgIpc) is 2.83. The van der Waals surface area contributed by atoms with Crippen molar-refractivity contribution in [3.8, 4) is 0 Å². The van der Waals surface area contributed by atoms with E-state index in [4.69, 9.17) is 9.15 Å². The maximum atomic E-state index is 5.87. The van der Waals surface area contributed by atoms with Crippen LogP contribution >= 0.6 is 24.0 Å². The Labute approximate surface area is 148 Å². The molecule has 0 saturated heterocycles. The summed E-state index contributed by atoms with van der Waals surface area (Å²) in [4.78, 5) is 4.18. The Morgan fingerprint density at radius 1 is 1.27 bits per heavy atom. The summed E-state index contributed by atoms with van der Waals surface area (Å²) < 4.78 is 11.2. The molecule has 0 aliphatic rings. The standard InChI is InChI=1S/C16H23N3O2.HI/c1-4-20-10-9-18-16(17-3)19-11-15-12(2)13-7-5-6-8-14(13)21-15;/h5-8H,4,9-11H2,1-3H3,(H2,17,18,19);1H. The van der Waals surface area contributed by atoms with E-state index in [-0.39, 0.29) is 24.0 Å². The third-order valence-electron chi connectivity index (χ3n) is 3.33. The van der Waals surface area contributed by atoms with Crippen LogP contribution in [-0.2, 0) is 11.3 Å². The van der Waals surface area contributed by atoms with Crippen LogP contribution < -0.4 is 10.6 Å². The molecule has 0 spiro atoms. The van der Waals surface area contributed by atoms with Crippen molar-refractivity contribution in [3.63, 3.8) is 0 Å². The Balaban J connectivity index is 0.00000242. The van der Waals surface area contributed by atoms with E-state index in [9.17, 15) is 0 Å². The number of aryl methyl sites for hydroxylation is 1.